The van der Waals surface area contributed by atoms with Crippen LogP contribution in [0.4, 0.5) is 0 Å². The molecule has 4 nitrogen and oxygen atoms in total. The van der Waals surface area contributed by atoms with Gasteiger partial charge in [0.05, 0.1) is 6.10 Å². The maximum atomic E-state index is 11.7. The number of carbonyl (C=O) groups excluding carboxylic acids is 1. The lowest BCUT2D eigenvalue weighted by Gasteiger charge is -2.61. The number of carbonyl (C=O) groups is 1. The number of hydrogen-bond donors (Lipinski definition) is 0. The molecule has 5 fully saturated rings. The Labute approximate surface area is 182 Å². The summed E-state index contributed by atoms with van der Waals surface area (Å²) in [4.78, 5) is 11.7. The zero-order chi connectivity index (χ0) is 20.9. The van der Waals surface area contributed by atoms with E-state index >= 15 is 0 Å². The molecule has 0 spiro atoms. The van der Waals surface area contributed by atoms with Gasteiger partial charge in [0, 0.05) is 18.9 Å². The second kappa shape index (κ2) is 8.06. The Morgan fingerprint density at radius 3 is 2.47 bits per heavy atom. The molecule has 0 aromatic rings. The highest BCUT2D eigenvalue weighted by molar-refractivity contribution is 5.66. The van der Waals surface area contributed by atoms with Crippen LogP contribution in [0.25, 0.3) is 0 Å². The van der Waals surface area contributed by atoms with Crippen LogP contribution in [0, 0.1) is 34.5 Å². The number of hydrogen-bond acceptors (Lipinski definition) is 4. The zero-order valence-electron chi connectivity index (χ0n) is 19.4. The van der Waals surface area contributed by atoms with Gasteiger partial charge in [0.15, 0.2) is 6.29 Å². The molecule has 4 heteroatoms. The molecule has 0 aromatic carbocycles. The molecule has 1 heterocycles. The van der Waals surface area contributed by atoms with Crippen molar-refractivity contribution in [1.29, 1.82) is 0 Å². The molecular formula is C26H42O4. The van der Waals surface area contributed by atoms with Crippen LogP contribution >= 0.6 is 0 Å². The van der Waals surface area contributed by atoms with E-state index in [-0.39, 0.29) is 23.8 Å². The molecule has 4 saturated carbocycles. The van der Waals surface area contributed by atoms with Crippen molar-refractivity contribution in [1.82, 2.24) is 0 Å². The molecule has 1 saturated heterocycles. The molecular weight excluding hydrogens is 376 g/mol. The van der Waals surface area contributed by atoms with E-state index in [1.54, 1.807) is 6.92 Å². The highest BCUT2D eigenvalue weighted by atomic mass is 16.7. The van der Waals surface area contributed by atoms with Crippen LogP contribution < -0.4 is 0 Å². The van der Waals surface area contributed by atoms with Gasteiger partial charge in [-0.2, -0.15) is 0 Å². The summed E-state index contributed by atoms with van der Waals surface area (Å²) < 4.78 is 18.1. The fourth-order valence-corrected chi connectivity index (χ4v) is 8.72. The topological polar surface area (TPSA) is 44.8 Å². The second-order valence-corrected chi connectivity index (χ2v) is 11.7. The molecule has 0 amide bonds. The van der Waals surface area contributed by atoms with Gasteiger partial charge in [-0.05, 0) is 106 Å². The van der Waals surface area contributed by atoms with Gasteiger partial charge >= 0.3 is 5.97 Å². The first-order valence-electron chi connectivity index (χ1n) is 12.8. The minimum Gasteiger partial charge on any atom is -0.462 e. The molecule has 0 aromatic heterocycles. The van der Waals surface area contributed by atoms with Gasteiger partial charge in [0.25, 0.3) is 0 Å². The predicted octanol–water partition coefficient (Wildman–Crippen LogP) is 5.87. The molecule has 0 bridgehead atoms. The first-order valence-corrected chi connectivity index (χ1v) is 12.8. The lowest BCUT2D eigenvalue weighted by atomic mass is 9.45. The predicted molar refractivity (Wildman–Crippen MR) is 116 cm³/mol. The van der Waals surface area contributed by atoms with Crippen LogP contribution in [0.3, 0.4) is 0 Å². The van der Waals surface area contributed by atoms with E-state index < -0.39 is 0 Å². The molecule has 0 radical (unpaired) electrons. The average Bonchev–Trinajstić information content (AvgIpc) is 3.05. The van der Waals surface area contributed by atoms with Crippen LogP contribution in [0.5, 0.6) is 0 Å². The molecule has 5 rings (SSSR count). The fraction of sp³-hybridized carbons (Fsp3) is 0.962. The van der Waals surface area contributed by atoms with Crippen LogP contribution in [0.1, 0.15) is 97.8 Å². The Balaban J connectivity index is 1.26. The SMILES string of the molecule is CC(=O)O[C@@H]1CC[C@H]2[C@H]3CC[C@H]4C[C@@H](O[C@@H]5CCCCO5)CC[C@]4(C)[C@@H]3CC[C@]12C. The lowest BCUT2D eigenvalue weighted by Crippen LogP contribution is -2.55. The summed E-state index contributed by atoms with van der Waals surface area (Å²) in [6, 6.07) is 0. The monoisotopic (exact) mass is 418 g/mol. The molecule has 170 valence electrons. The highest BCUT2D eigenvalue weighted by Crippen LogP contribution is 2.66. The fourth-order valence-electron chi connectivity index (χ4n) is 8.72. The second-order valence-electron chi connectivity index (χ2n) is 11.7. The standard InChI is InChI=1S/C26H42O4/c1-17(27)29-23-10-9-21-20-8-7-18-16-19(30-24-6-4-5-15-28-24)11-13-25(18,2)22(20)12-14-26(21,23)3/h18-24H,4-16H2,1-3H3/t18-,19-,20+,21-,22+,23+,24+,25-,26-/m0/s1. The third-order valence-electron chi connectivity index (χ3n) is 10.3. The third kappa shape index (κ3) is 3.54. The van der Waals surface area contributed by atoms with Gasteiger partial charge in [0.1, 0.15) is 6.10 Å². The van der Waals surface area contributed by atoms with Crippen LogP contribution in [0.2, 0.25) is 0 Å². The summed E-state index contributed by atoms with van der Waals surface area (Å²) in [5, 5.41) is 0. The van der Waals surface area contributed by atoms with Gasteiger partial charge in [-0.1, -0.05) is 13.8 Å². The molecule has 5 aliphatic rings. The van der Waals surface area contributed by atoms with Crippen molar-refractivity contribution < 1.29 is 19.0 Å². The Morgan fingerprint density at radius 2 is 1.70 bits per heavy atom. The smallest absolute Gasteiger partial charge is 0.302 e. The Kier molecular flexibility index (Phi) is 5.71. The van der Waals surface area contributed by atoms with E-state index in [9.17, 15) is 4.79 Å². The summed E-state index contributed by atoms with van der Waals surface area (Å²) in [6.45, 7) is 7.49. The Hall–Kier alpha value is -0.610. The minimum atomic E-state index is -0.0973. The summed E-state index contributed by atoms with van der Waals surface area (Å²) >= 11 is 0. The van der Waals surface area contributed by atoms with Gasteiger partial charge in [0.2, 0.25) is 0 Å². The van der Waals surface area contributed by atoms with Crippen molar-refractivity contribution in [3.8, 4) is 0 Å². The van der Waals surface area contributed by atoms with Crippen LogP contribution in [0.15, 0.2) is 0 Å². The van der Waals surface area contributed by atoms with Crippen molar-refractivity contribution in [2.24, 2.45) is 34.5 Å². The maximum Gasteiger partial charge on any atom is 0.302 e. The van der Waals surface area contributed by atoms with Gasteiger partial charge in [-0.25, -0.2) is 0 Å². The molecule has 9 atom stereocenters. The van der Waals surface area contributed by atoms with Crippen molar-refractivity contribution >= 4 is 5.97 Å². The number of rotatable bonds is 3. The number of fused-ring (bicyclic) bond motifs is 5. The summed E-state index contributed by atoms with van der Waals surface area (Å²) in [7, 11) is 0. The van der Waals surface area contributed by atoms with E-state index in [0.717, 1.165) is 43.1 Å². The van der Waals surface area contributed by atoms with Crippen molar-refractivity contribution in [3.63, 3.8) is 0 Å². The molecule has 0 unspecified atom stereocenters. The third-order valence-corrected chi connectivity index (χ3v) is 10.3. The van der Waals surface area contributed by atoms with E-state index in [1.165, 1.54) is 64.2 Å². The maximum absolute atomic E-state index is 11.7. The van der Waals surface area contributed by atoms with Gasteiger partial charge < -0.3 is 14.2 Å². The summed E-state index contributed by atoms with van der Waals surface area (Å²) in [5.41, 5.74) is 0.672. The van der Waals surface area contributed by atoms with Crippen molar-refractivity contribution in [3.05, 3.63) is 0 Å². The number of ether oxygens (including phenoxy) is 3. The largest absolute Gasteiger partial charge is 0.462 e. The van der Waals surface area contributed by atoms with E-state index in [0.29, 0.717) is 11.5 Å². The van der Waals surface area contributed by atoms with Crippen LogP contribution in [-0.4, -0.2) is 31.1 Å². The summed E-state index contributed by atoms with van der Waals surface area (Å²) in [5.74, 6) is 3.11. The van der Waals surface area contributed by atoms with Gasteiger partial charge in [-0.3, -0.25) is 4.79 Å². The molecule has 4 aliphatic carbocycles. The lowest BCUT2D eigenvalue weighted by molar-refractivity contribution is -0.212. The number of esters is 1. The zero-order valence-corrected chi connectivity index (χ0v) is 19.4. The van der Waals surface area contributed by atoms with E-state index in [2.05, 4.69) is 13.8 Å². The normalized spacial score (nSPS) is 50.8. The average molecular weight is 419 g/mol. The summed E-state index contributed by atoms with van der Waals surface area (Å²) in [6.07, 6.45) is 15.4. The first kappa shape index (κ1) is 21.2. The highest BCUT2D eigenvalue weighted by Gasteiger charge is 2.61. The molecule has 0 N–H and O–H groups in total. The van der Waals surface area contributed by atoms with Crippen molar-refractivity contribution in [2.45, 2.75) is 116 Å². The quantitative estimate of drug-likeness (QED) is 0.424. The van der Waals surface area contributed by atoms with E-state index in [4.69, 9.17) is 14.2 Å². The molecule has 30 heavy (non-hydrogen) atoms. The minimum absolute atomic E-state index is 0.0523. The molecule has 1 aliphatic heterocycles. The Morgan fingerprint density at radius 1 is 0.900 bits per heavy atom. The van der Waals surface area contributed by atoms with E-state index in [1.807, 2.05) is 0 Å². The van der Waals surface area contributed by atoms with Crippen LogP contribution in [-0.2, 0) is 19.0 Å². The van der Waals surface area contributed by atoms with Gasteiger partial charge in [-0.15, -0.1) is 0 Å². The van der Waals surface area contributed by atoms with Crippen molar-refractivity contribution in [2.75, 3.05) is 6.61 Å². The Bertz CT molecular complexity index is 643. The first-order chi connectivity index (χ1) is 14.4.